The third-order valence-electron chi connectivity index (χ3n) is 0.613. The van der Waals surface area contributed by atoms with Crippen LogP contribution in [-0.4, -0.2) is 35.7 Å². The lowest BCUT2D eigenvalue weighted by Gasteiger charge is -1.97. The lowest BCUT2D eigenvalue weighted by molar-refractivity contribution is 0.202. The SMILES string of the molecule is O=C(O)NSSCCS(=O)(=O)O. The van der Waals surface area contributed by atoms with Gasteiger partial charge in [0.05, 0.1) is 5.75 Å². The highest BCUT2D eigenvalue weighted by Gasteiger charge is 2.04. The summed E-state index contributed by atoms with van der Waals surface area (Å²) in [6.07, 6.45) is -1.20. The minimum Gasteiger partial charge on any atom is -0.464 e. The molecule has 0 bridgehead atoms. The lowest BCUT2D eigenvalue weighted by atomic mass is 11.0. The maximum atomic E-state index is 10.1. The Bertz CT molecular complexity index is 236. The predicted octanol–water partition coefficient (Wildman–Crippen LogP) is 0.438. The number of carboxylic acid groups (broad SMARTS) is 1. The van der Waals surface area contributed by atoms with Crippen molar-refractivity contribution >= 4 is 38.0 Å². The molecule has 0 saturated carbocycles. The summed E-state index contributed by atoms with van der Waals surface area (Å²) >= 11 is 0. The first-order chi connectivity index (χ1) is 5.42. The van der Waals surface area contributed by atoms with Gasteiger partial charge in [-0.15, -0.1) is 0 Å². The van der Waals surface area contributed by atoms with Gasteiger partial charge in [0, 0.05) is 16.7 Å². The number of rotatable bonds is 5. The first-order valence-electron chi connectivity index (χ1n) is 2.64. The fraction of sp³-hybridized carbons (Fsp3) is 0.667. The second-order valence-corrected chi connectivity index (χ2v) is 5.39. The molecule has 0 spiro atoms. The van der Waals surface area contributed by atoms with E-state index in [0.29, 0.717) is 0 Å². The molecule has 0 aromatic carbocycles. The van der Waals surface area contributed by atoms with Gasteiger partial charge in [-0.3, -0.25) is 9.27 Å². The van der Waals surface area contributed by atoms with Crippen LogP contribution in [0.4, 0.5) is 4.79 Å². The van der Waals surface area contributed by atoms with Gasteiger partial charge in [0.15, 0.2) is 0 Å². The summed E-state index contributed by atoms with van der Waals surface area (Å²) in [6.45, 7) is 0. The van der Waals surface area contributed by atoms with Crippen molar-refractivity contribution in [2.24, 2.45) is 0 Å². The van der Waals surface area contributed by atoms with Crippen molar-refractivity contribution in [3.05, 3.63) is 0 Å². The van der Waals surface area contributed by atoms with E-state index in [2.05, 4.69) is 0 Å². The van der Waals surface area contributed by atoms with Crippen LogP contribution < -0.4 is 4.72 Å². The molecule has 72 valence electrons. The van der Waals surface area contributed by atoms with E-state index >= 15 is 0 Å². The lowest BCUT2D eigenvalue weighted by Crippen LogP contribution is -2.11. The number of hydrogen-bond donors (Lipinski definition) is 3. The van der Waals surface area contributed by atoms with Crippen molar-refractivity contribution < 1.29 is 22.9 Å². The Morgan fingerprint density at radius 1 is 1.50 bits per heavy atom. The fourth-order valence-corrected chi connectivity index (χ4v) is 2.83. The van der Waals surface area contributed by atoms with Crippen molar-refractivity contribution in [2.75, 3.05) is 11.5 Å². The molecule has 0 fully saturated rings. The number of carbonyl (C=O) groups is 1. The maximum absolute atomic E-state index is 10.1. The van der Waals surface area contributed by atoms with Gasteiger partial charge in [0.1, 0.15) is 0 Å². The average molecular weight is 233 g/mol. The summed E-state index contributed by atoms with van der Waals surface area (Å²) in [5.74, 6) is -0.254. The van der Waals surface area contributed by atoms with E-state index in [9.17, 15) is 13.2 Å². The topological polar surface area (TPSA) is 104 Å². The average Bonchev–Trinajstić information content (AvgIpc) is 1.83. The highest BCUT2D eigenvalue weighted by Crippen LogP contribution is 2.16. The molecule has 0 radical (unpaired) electrons. The van der Waals surface area contributed by atoms with Gasteiger partial charge in [-0.05, 0) is 0 Å². The zero-order chi connectivity index (χ0) is 9.61. The normalized spacial score (nSPS) is 11.1. The molecular weight excluding hydrogens is 226 g/mol. The summed E-state index contributed by atoms with van der Waals surface area (Å²) in [7, 11) is -2.15. The largest absolute Gasteiger partial charge is 0.464 e. The first-order valence-corrected chi connectivity index (χ1v) is 6.57. The molecule has 12 heavy (non-hydrogen) atoms. The summed E-state index contributed by atoms with van der Waals surface area (Å²) in [6, 6.07) is 0. The zero-order valence-electron chi connectivity index (χ0n) is 5.76. The van der Waals surface area contributed by atoms with E-state index in [0.717, 1.165) is 21.8 Å². The van der Waals surface area contributed by atoms with Crippen LogP contribution in [0.3, 0.4) is 0 Å². The Morgan fingerprint density at radius 2 is 2.08 bits per heavy atom. The van der Waals surface area contributed by atoms with Gasteiger partial charge < -0.3 is 5.11 Å². The Morgan fingerprint density at radius 3 is 2.50 bits per heavy atom. The quantitative estimate of drug-likeness (QED) is 0.274. The molecule has 6 nitrogen and oxygen atoms in total. The third kappa shape index (κ3) is 9.88. The van der Waals surface area contributed by atoms with E-state index in [1.165, 1.54) is 0 Å². The van der Waals surface area contributed by atoms with Crippen LogP contribution in [0.1, 0.15) is 0 Å². The summed E-state index contributed by atoms with van der Waals surface area (Å²) in [5, 5.41) is 8.06. The molecule has 0 aliphatic heterocycles. The molecular formula is C3H7NO5S3. The van der Waals surface area contributed by atoms with Crippen molar-refractivity contribution in [3.63, 3.8) is 0 Å². The van der Waals surface area contributed by atoms with E-state index in [1.807, 2.05) is 4.72 Å². The first kappa shape index (κ1) is 11.9. The summed E-state index contributed by atoms with van der Waals surface area (Å²) in [4.78, 5) is 9.85. The number of amides is 1. The molecule has 0 aliphatic carbocycles. The molecule has 0 saturated heterocycles. The van der Waals surface area contributed by atoms with Gasteiger partial charge in [-0.2, -0.15) is 8.42 Å². The van der Waals surface area contributed by atoms with Crippen LogP contribution in [0.5, 0.6) is 0 Å². The molecule has 0 atom stereocenters. The van der Waals surface area contributed by atoms with Gasteiger partial charge in [-0.25, -0.2) is 4.79 Å². The van der Waals surface area contributed by atoms with Crippen molar-refractivity contribution in [2.45, 2.75) is 0 Å². The van der Waals surface area contributed by atoms with Gasteiger partial charge >= 0.3 is 6.09 Å². The van der Waals surface area contributed by atoms with Crippen LogP contribution in [0.25, 0.3) is 0 Å². The second-order valence-electron chi connectivity index (χ2n) is 1.60. The molecule has 1 amide bonds. The molecule has 0 unspecified atom stereocenters. The summed E-state index contributed by atoms with van der Waals surface area (Å²) in [5.41, 5.74) is 0. The monoisotopic (exact) mass is 233 g/mol. The van der Waals surface area contributed by atoms with Crippen LogP contribution in [0, 0.1) is 0 Å². The van der Waals surface area contributed by atoms with Crippen LogP contribution in [0.15, 0.2) is 0 Å². The Kier molecular flexibility index (Phi) is 5.46. The van der Waals surface area contributed by atoms with Crippen molar-refractivity contribution in [1.29, 1.82) is 0 Å². The van der Waals surface area contributed by atoms with Crippen LogP contribution in [-0.2, 0) is 10.1 Å². The summed E-state index contributed by atoms with van der Waals surface area (Å²) < 4.78 is 30.4. The molecule has 0 heterocycles. The van der Waals surface area contributed by atoms with Crippen LogP contribution in [0.2, 0.25) is 0 Å². The van der Waals surface area contributed by atoms with Crippen LogP contribution >= 0.6 is 21.8 Å². The predicted molar refractivity (Wildman–Crippen MR) is 47.6 cm³/mol. The molecule has 9 heteroatoms. The second kappa shape index (κ2) is 5.51. The van der Waals surface area contributed by atoms with Crippen molar-refractivity contribution in [1.82, 2.24) is 4.72 Å². The Hall–Kier alpha value is -0.120. The standard InChI is InChI=1S/C3H7NO5S3/c5-3(6)4-11-10-1-2-12(7,8)9/h4H,1-2H2,(H,5,6)(H,7,8,9). The molecule has 0 aromatic heterocycles. The zero-order valence-corrected chi connectivity index (χ0v) is 8.21. The number of hydrogen-bond acceptors (Lipinski definition) is 5. The molecule has 0 aromatic rings. The number of nitrogens with one attached hydrogen (secondary N) is 1. The van der Waals surface area contributed by atoms with E-state index < -0.39 is 16.2 Å². The highest BCUT2D eigenvalue weighted by molar-refractivity contribution is 8.76. The molecule has 3 N–H and O–H groups in total. The maximum Gasteiger partial charge on any atom is 0.415 e. The highest BCUT2D eigenvalue weighted by atomic mass is 33.1. The van der Waals surface area contributed by atoms with Crippen molar-refractivity contribution in [3.8, 4) is 0 Å². The minimum atomic E-state index is -3.93. The van der Waals surface area contributed by atoms with E-state index in [-0.39, 0.29) is 11.5 Å². The van der Waals surface area contributed by atoms with Gasteiger partial charge in [0.2, 0.25) is 0 Å². The van der Waals surface area contributed by atoms with Gasteiger partial charge in [0.25, 0.3) is 10.1 Å². The third-order valence-corrected chi connectivity index (χ3v) is 3.44. The minimum absolute atomic E-state index is 0.129. The van der Waals surface area contributed by atoms with Gasteiger partial charge in [-0.1, -0.05) is 10.8 Å². The fourth-order valence-electron chi connectivity index (χ4n) is 0.246. The molecule has 0 rings (SSSR count). The van der Waals surface area contributed by atoms with E-state index in [4.69, 9.17) is 9.66 Å². The Labute approximate surface area is 77.4 Å². The molecule has 0 aliphatic rings. The Balaban J connectivity index is 3.29. The van der Waals surface area contributed by atoms with E-state index in [1.54, 1.807) is 0 Å². The smallest absolute Gasteiger partial charge is 0.415 e.